The van der Waals surface area contributed by atoms with Crippen molar-refractivity contribution in [2.45, 2.75) is 6.18 Å². The summed E-state index contributed by atoms with van der Waals surface area (Å²) in [6, 6.07) is 5.22. The summed E-state index contributed by atoms with van der Waals surface area (Å²) in [5, 5.41) is 13.4. The first-order chi connectivity index (χ1) is 7.50. The Bertz CT molecular complexity index is 405. The minimum absolute atomic E-state index is 0. The molecule has 2 rings (SSSR count). The molecular weight excluding hydrogens is 262 g/mol. The van der Waals surface area contributed by atoms with Crippen LogP contribution >= 0.6 is 11.3 Å². The average Bonchev–Trinajstić information content (AvgIpc) is 2.70. The summed E-state index contributed by atoms with van der Waals surface area (Å²) >= 11 is 1.43. The standard InChI is InChI=1S/C6H4F3N.C4H4OS.Na/c7-6(8,9)5-3-1-2-4-10-5;5-4-1-2-6-3-4;/h1-4H;1-3,5H;/q;;+1/p-1. The number of rotatable bonds is 0. The van der Waals surface area contributed by atoms with Gasteiger partial charge in [-0.05, 0) is 22.9 Å². The molecule has 0 N–H and O–H groups in total. The summed E-state index contributed by atoms with van der Waals surface area (Å²) in [6.07, 6.45) is -3.20. The zero-order chi connectivity index (χ0) is 12.0. The first-order valence-electron chi connectivity index (χ1n) is 4.17. The number of nitrogens with zero attached hydrogens (tertiary/aromatic N) is 1. The van der Waals surface area contributed by atoms with Crippen LogP contribution in [-0.2, 0) is 6.18 Å². The van der Waals surface area contributed by atoms with Crippen molar-refractivity contribution in [1.82, 2.24) is 4.98 Å². The molecule has 0 spiro atoms. The normalized spacial score (nSPS) is 9.82. The van der Waals surface area contributed by atoms with Gasteiger partial charge in [0.2, 0.25) is 0 Å². The fourth-order valence-electron chi connectivity index (χ4n) is 0.782. The van der Waals surface area contributed by atoms with E-state index in [9.17, 15) is 18.3 Å². The van der Waals surface area contributed by atoms with Gasteiger partial charge in [0.05, 0.1) is 0 Å². The monoisotopic (exact) mass is 269 g/mol. The van der Waals surface area contributed by atoms with Crippen molar-refractivity contribution in [2.24, 2.45) is 0 Å². The molecule has 86 valence electrons. The molecule has 0 radical (unpaired) electrons. The molecule has 2 nitrogen and oxygen atoms in total. The predicted octanol–water partition coefficient (Wildman–Crippen LogP) is -0.0739. The number of alkyl halides is 3. The molecule has 2 aromatic rings. The first-order valence-corrected chi connectivity index (χ1v) is 5.12. The summed E-state index contributed by atoms with van der Waals surface area (Å²) < 4.78 is 35.2. The van der Waals surface area contributed by atoms with Gasteiger partial charge in [-0.1, -0.05) is 17.9 Å². The molecular formula is C10H7F3NNaOS. The Balaban J connectivity index is 0.000000316. The number of hydrogen-bond acceptors (Lipinski definition) is 3. The van der Waals surface area contributed by atoms with E-state index in [1.165, 1.54) is 23.5 Å². The van der Waals surface area contributed by atoms with E-state index in [-0.39, 0.29) is 35.3 Å². The Morgan fingerprint density at radius 3 is 2.12 bits per heavy atom. The quantitative estimate of drug-likeness (QED) is 0.627. The molecule has 0 amide bonds. The molecule has 0 aliphatic heterocycles. The van der Waals surface area contributed by atoms with Crippen molar-refractivity contribution in [3.63, 3.8) is 0 Å². The van der Waals surface area contributed by atoms with Crippen LogP contribution in [-0.4, -0.2) is 4.98 Å². The maximum atomic E-state index is 11.7. The summed E-state index contributed by atoms with van der Waals surface area (Å²) in [7, 11) is 0. The summed E-state index contributed by atoms with van der Waals surface area (Å²) in [5.41, 5.74) is -0.852. The van der Waals surface area contributed by atoms with Gasteiger partial charge in [0, 0.05) is 6.20 Å². The fraction of sp³-hybridized carbons (Fsp3) is 0.100. The van der Waals surface area contributed by atoms with Crippen LogP contribution < -0.4 is 34.7 Å². The number of aromatic nitrogens is 1. The summed E-state index contributed by atoms with van der Waals surface area (Å²) in [6.45, 7) is 0. The van der Waals surface area contributed by atoms with Crippen molar-refractivity contribution in [2.75, 3.05) is 0 Å². The third-order valence-electron chi connectivity index (χ3n) is 1.45. The van der Waals surface area contributed by atoms with Gasteiger partial charge in [-0.2, -0.15) is 24.5 Å². The molecule has 0 aliphatic carbocycles. The van der Waals surface area contributed by atoms with E-state index in [0.717, 1.165) is 12.3 Å². The van der Waals surface area contributed by atoms with E-state index >= 15 is 0 Å². The second kappa shape index (κ2) is 7.71. The van der Waals surface area contributed by atoms with Crippen LogP contribution in [0, 0.1) is 0 Å². The summed E-state index contributed by atoms with van der Waals surface area (Å²) in [4.78, 5) is 3.12. The Hall–Kier alpha value is -0.560. The first kappa shape index (κ1) is 16.4. The van der Waals surface area contributed by atoms with Crippen molar-refractivity contribution < 1.29 is 47.8 Å². The van der Waals surface area contributed by atoms with E-state index in [1.54, 1.807) is 16.8 Å². The molecule has 0 atom stereocenters. The predicted molar refractivity (Wildman–Crippen MR) is 53.0 cm³/mol. The third-order valence-corrected chi connectivity index (χ3v) is 2.11. The largest absolute Gasteiger partial charge is 1.00 e. The molecule has 2 aromatic heterocycles. The molecule has 0 aromatic carbocycles. The van der Waals surface area contributed by atoms with E-state index in [1.807, 2.05) is 0 Å². The topological polar surface area (TPSA) is 36.0 Å². The SMILES string of the molecule is FC(F)(F)c1ccccn1.[Na+].[O-]c1ccsc1. The average molecular weight is 269 g/mol. The van der Waals surface area contributed by atoms with E-state index in [0.29, 0.717) is 0 Å². The molecule has 0 bridgehead atoms. The molecule has 2 heterocycles. The fourth-order valence-corrected chi connectivity index (χ4v) is 1.29. The van der Waals surface area contributed by atoms with Crippen LogP contribution in [0.4, 0.5) is 13.2 Å². The maximum absolute atomic E-state index is 11.7. The Morgan fingerprint density at radius 1 is 1.18 bits per heavy atom. The van der Waals surface area contributed by atoms with Crippen LogP contribution in [0.15, 0.2) is 41.2 Å². The van der Waals surface area contributed by atoms with Gasteiger partial charge in [-0.3, -0.25) is 4.98 Å². The second-order valence-corrected chi connectivity index (χ2v) is 3.45. The maximum Gasteiger partial charge on any atom is 1.00 e. The van der Waals surface area contributed by atoms with Crippen molar-refractivity contribution >= 4 is 11.3 Å². The van der Waals surface area contributed by atoms with Gasteiger partial charge in [-0.15, -0.1) is 0 Å². The minimum atomic E-state index is -4.32. The molecule has 0 saturated carbocycles. The van der Waals surface area contributed by atoms with E-state index in [2.05, 4.69) is 4.98 Å². The van der Waals surface area contributed by atoms with Crippen LogP contribution in [0.25, 0.3) is 0 Å². The molecule has 0 aliphatic rings. The zero-order valence-corrected chi connectivity index (χ0v) is 11.8. The number of halogens is 3. The summed E-state index contributed by atoms with van der Waals surface area (Å²) in [5.74, 6) is 0.111. The van der Waals surface area contributed by atoms with Gasteiger partial charge >= 0.3 is 35.7 Å². The Kier molecular flexibility index (Phi) is 7.45. The smallest absolute Gasteiger partial charge is 0.872 e. The molecule has 0 saturated heterocycles. The molecule has 0 unspecified atom stereocenters. The van der Waals surface area contributed by atoms with Crippen molar-refractivity contribution in [1.29, 1.82) is 0 Å². The molecule has 7 heteroatoms. The van der Waals surface area contributed by atoms with Crippen LogP contribution in [0.5, 0.6) is 5.75 Å². The van der Waals surface area contributed by atoms with Crippen LogP contribution in [0.1, 0.15) is 5.69 Å². The second-order valence-electron chi connectivity index (χ2n) is 2.67. The van der Waals surface area contributed by atoms with Gasteiger partial charge in [0.1, 0.15) is 5.69 Å². The van der Waals surface area contributed by atoms with E-state index in [4.69, 9.17) is 0 Å². The third kappa shape index (κ3) is 6.68. The number of pyridine rings is 1. The Labute approximate surface area is 122 Å². The van der Waals surface area contributed by atoms with Gasteiger partial charge < -0.3 is 5.11 Å². The Morgan fingerprint density at radius 2 is 1.88 bits per heavy atom. The van der Waals surface area contributed by atoms with Gasteiger partial charge in [-0.25, -0.2) is 0 Å². The van der Waals surface area contributed by atoms with Gasteiger partial charge in [0.25, 0.3) is 0 Å². The molecule has 0 fully saturated rings. The van der Waals surface area contributed by atoms with Gasteiger partial charge in [0.15, 0.2) is 0 Å². The van der Waals surface area contributed by atoms with Crippen molar-refractivity contribution in [3.05, 3.63) is 46.9 Å². The minimum Gasteiger partial charge on any atom is -0.872 e. The van der Waals surface area contributed by atoms with Crippen LogP contribution in [0.2, 0.25) is 0 Å². The van der Waals surface area contributed by atoms with Crippen molar-refractivity contribution in [3.8, 4) is 5.75 Å². The number of hydrogen-bond donors (Lipinski definition) is 0. The number of thiophene rings is 1. The zero-order valence-electron chi connectivity index (χ0n) is 8.94. The molecule has 17 heavy (non-hydrogen) atoms. The van der Waals surface area contributed by atoms with Crippen LogP contribution in [0.3, 0.4) is 0 Å². The van der Waals surface area contributed by atoms with E-state index < -0.39 is 11.9 Å².